The molecule has 4 fully saturated rings. The van der Waals surface area contributed by atoms with Crippen LogP contribution in [-0.4, -0.2) is 29.5 Å². The van der Waals surface area contributed by atoms with Crippen LogP contribution in [0.3, 0.4) is 0 Å². The fourth-order valence-corrected chi connectivity index (χ4v) is 5.80. The number of carbonyl (C=O) groups excluding carboxylic acids is 2. The van der Waals surface area contributed by atoms with Crippen molar-refractivity contribution in [3.05, 3.63) is 0 Å². The molecule has 0 aromatic rings. The second kappa shape index (κ2) is 8.11. The first kappa shape index (κ1) is 19.4. The molecule has 7 heteroatoms. The Balaban J connectivity index is 1.33. The molecule has 4 aliphatic rings. The average Bonchev–Trinajstić information content (AvgIpc) is 2.55. The normalized spacial score (nSPS) is 31.6. The van der Waals surface area contributed by atoms with E-state index in [2.05, 4.69) is 21.5 Å². The topological polar surface area (TPSA) is 82.3 Å². The second-order valence-corrected chi connectivity index (χ2v) is 9.27. The Hall–Kier alpha value is -1.37. The maximum atomic E-state index is 12.8. The van der Waals surface area contributed by atoms with E-state index in [4.69, 9.17) is 12.2 Å². The quantitative estimate of drug-likeness (QED) is 0.322. The second-order valence-electron chi connectivity index (χ2n) is 8.86. The molecule has 0 unspecified atom stereocenters. The van der Waals surface area contributed by atoms with Crippen LogP contribution in [-0.2, 0) is 9.59 Å². The van der Waals surface area contributed by atoms with Crippen LogP contribution in [0.1, 0.15) is 65.2 Å². The molecule has 26 heavy (non-hydrogen) atoms. The minimum Gasteiger partial charge on any atom is -0.359 e. The molecule has 146 valence electrons. The van der Waals surface area contributed by atoms with E-state index in [9.17, 15) is 9.59 Å². The van der Waals surface area contributed by atoms with Crippen LogP contribution in [0.2, 0.25) is 0 Å². The lowest BCUT2D eigenvalue weighted by molar-refractivity contribution is -0.146. The number of rotatable bonds is 6. The predicted molar refractivity (Wildman–Crippen MR) is 105 cm³/mol. The molecule has 4 bridgehead atoms. The largest absolute Gasteiger partial charge is 0.359 e. The number of carbonyl (C=O) groups is 2. The summed E-state index contributed by atoms with van der Waals surface area (Å²) in [5.41, 5.74) is 5.16. The first-order chi connectivity index (χ1) is 12.4. The Labute approximate surface area is 161 Å². The standard InChI is InChI=1S/C19H32N4O2S/c1-12(2)21-18(26)23-22-16(24)4-3-5-20-17(25)19-9-13-6-14(10-19)8-15(7-13)11-19/h12-15H,3-11H2,1-2H3,(H,20,25)(H,22,24)(H2,21,23,26). The minimum atomic E-state index is -0.123. The molecule has 0 radical (unpaired) electrons. The summed E-state index contributed by atoms with van der Waals surface area (Å²) in [5.74, 6) is 2.42. The number of hydrogen-bond donors (Lipinski definition) is 4. The van der Waals surface area contributed by atoms with E-state index >= 15 is 0 Å². The molecule has 4 aliphatic carbocycles. The molecule has 6 nitrogen and oxygen atoms in total. The van der Waals surface area contributed by atoms with Crippen molar-refractivity contribution in [2.45, 2.75) is 71.3 Å². The highest BCUT2D eigenvalue weighted by Crippen LogP contribution is 2.60. The van der Waals surface area contributed by atoms with E-state index in [1.165, 1.54) is 19.3 Å². The summed E-state index contributed by atoms with van der Waals surface area (Å²) in [6.07, 6.45) is 8.25. The molecule has 0 heterocycles. The van der Waals surface area contributed by atoms with Crippen LogP contribution in [0, 0.1) is 23.2 Å². The van der Waals surface area contributed by atoms with Crippen molar-refractivity contribution >= 4 is 29.1 Å². The van der Waals surface area contributed by atoms with Crippen LogP contribution in [0.5, 0.6) is 0 Å². The smallest absolute Gasteiger partial charge is 0.238 e. The molecule has 2 amide bonds. The summed E-state index contributed by atoms with van der Waals surface area (Å²) in [5, 5.41) is 6.51. The minimum absolute atomic E-state index is 0.104. The molecule has 0 saturated heterocycles. The van der Waals surface area contributed by atoms with Crippen LogP contribution in [0.15, 0.2) is 0 Å². The summed E-state index contributed by atoms with van der Waals surface area (Å²) in [6, 6.07) is 0.215. The van der Waals surface area contributed by atoms with Crippen LogP contribution in [0.25, 0.3) is 0 Å². The Bertz CT molecular complexity index is 528. The van der Waals surface area contributed by atoms with Crippen LogP contribution in [0.4, 0.5) is 0 Å². The van der Waals surface area contributed by atoms with Crippen molar-refractivity contribution in [1.82, 2.24) is 21.5 Å². The number of nitrogens with one attached hydrogen (secondary N) is 4. The molecule has 4 N–H and O–H groups in total. The van der Waals surface area contributed by atoms with Gasteiger partial charge in [-0.15, -0.1) is 0 Å². The highest BCUT2D eigenvalue weighted by molar-refractivity contribution is 7.80. The SMILES string of the molecule is CC(C)NC(=S)NNC(=O)CCCNC(=O)C12CC3CC(CC(C3)C1)C2. The molecule has 0 aromatic heterocycles. The van der Waals surface area contributed by atoms with E-state index in [1.807, 2.05) is 13.8 Å². The van der Waals surface area contributed by atoms with Gasteiger partial charge in [-0.3, -0.25) is 20.4 Å². The van der Waals surface area contributed by atoms with E-state index in [0.717, 1.165) is 37.0 Å². The molecule has 4 rings (SSSR count). The van der Waals surface area contributed by atoms with Gasteiger partial charge >= 0.3 is 0 Å². The Kier molecular flexibility index (Phi) is 6.05. The van der Waals surface area contributed by atoms with Gasteiger partial charge in [0.1, 0.15) is 0 Å². The van der Waals surface area contributed by atoms with Gasteiger partial charge in [0.05, 0.1) is 0 Å². The Morgan fingerprint density at radius 3 is 2.15 bits per heavy atom. The van der Waals surface area contributed by atoms with E-state index in [-0.39, 0.29) is 23.3 Å². The van der Waals surface area contributed by atoms with Gasteiger partial charge in [-0.2, -0.15) is 0 Å². The van der Waals surface area contributed by atoms with Gasteiger partial charge in [0.25, 0.3) is 0 Å². The van der Waals surface area contributed by atoms with E-state index in [0.29, 0.717) is 24.5 Å². The third kappa shape index (κ3) is 4.67. The maximum absolute atomic E-state index is 12.8. The monoisotopic (exact) mass is 380 g/mol. The summed E-state index contributed by atoms with van der Waals surface area (Å²) >= 11 is 5.05. The average molecular weight is 381 g/mol. The lowest BCUT2D eigenvalue weighted by Crippen LogP contribution is -2.53. The Morgan fingerprint density at radius 2 is 1.62 bits per heavy atom. The highest BCUT2D eigenvalue weighted by Gasteiger charge is 2.54. The maximum Gasteiger partial charge on any atom is 0.238 e. The van der Waals surface area contributed by atoms with Crippen molar-refractivity contribution in [3.8, 4) is 0 Å². The summed E-state index contributed by atoms with van der Waals surface area (Å²) in [6.45, 7) is 4.51. The van der Waals surface area contributed by atoms with Crippen molar-refractivity contribution in [2.24, 2.45) is 23.2 Å². The molecular weight excluding hydrogens is 348 g/mol. The van der Waals surface area contributed by atoms with Crippen LogP contribution < -0.4 is 21.5 Å². The lowest BCUT2D eigenvalue weighted by Gasteiger charge is -2.55. The zero-order chi connectivity index (χ0) is 18.7. The van der Waals surface area contributed by atoms with Crippen LogP contribution >= 0.6 is 12.2 Å². The van der Waals surface area contributed by atoms with Gasteiger partial charge in [-0.1, -0.05) is 0 Å². The third-order valence-electron chi connectivity index (χ3n) is 6.12. The summed E-state index contributed by atoms with van der Waals surface area (Å²) in [7, 11) is 0. The Morgan fingerprint density at radius 1 is 1.04 bits per heavy atom. The van der Waals surface area contributed by atoms with Gasteiger partial charge in [-0.05, 0) is 88.8 Å². The van der Waals surface area contributed by atoms with Crippen molar-refractivity contribution in [2.75, 3.05) is 6.54 Å². The summed E-state index contributed by atoms with van der Waals surface area (Å²) in [4.78, 5) is 24.6. The van der Waals surface area contributed by atoms with E-state index < -0.39 is 0 Å². The number of thiocarbonyl (C=S) groups is 1. The fourth-order valence-electron chi connectivity index (χ4n) is 5.51. The van der Waals surface area contributed by atoms with Gasteiger partial charge in [0.15, 0.2) is 5.11 Å². The third-order valence-corrected chi connectivity index (χ3v) is 6.34. The molecule has 0 aliphatic heterocycles. The van der Waals surface area contributed by atoms with Gasteiger partial charge in [0.2, 0.25) is 11.8 Å². The van der Waals surface area contributed by atoms with E-state index in [1.54, 1.807) is 0 Å². The highest BCUT2D eigenvalue weighted by atomic mass is 32.1. The van der Waals surface area contributed by atoms with Crippen molar-refractivity contribution in [3.63, 3.8) is 0 Å². The molecular formula is C19H32N4O2S. The number of amides is 2. The first-order valence-electron chi connectivity index (χ1n) is 10.00. The molecule has 4 saturated carbocycles. The molecule has 0 spiro atoms. The summed E-state index contributed by atoms with van der Waals surface area (Å²) < 4.78 is 0. The molecule has 0 aromatic carbocycles. The first-order valence-corrected chi connectivity index (χ1v) is 10.4. The predicted octanol–water partition coefficient (Wildman–Crippen LogP) is 2.00. The van der Waals surface area contributed by atoms with Crippen molar-refractivity contribution < 1.29 is 9.59 Å². The number of hydrazine groups is 1. The fraction of sp³-hybridized carbons (Fsp3) is 0.842. The lowest BCUT2D eigenvalue weighted by atomic mass is 9.49. The van der Waals surface area contributed by atoms with Gasteiger partial charge in [0, 0.05) is 24.4 Å². The van der Waals surface area contributed by atoms with Gasteiger partial charge in [-0.25, -0.2) is 0 Å². The van der Waals surface area contributed by atoms with Gasteiger partial charge < -0.3 is 10.6 Å². The molecule has 0 atom stereocenters. The van der Waals surface area contributed by atoms with Crippen molar-refractivity contribution in [1.29, 1.82) is 0 Å². The number of hydrogen-bond acceptors (Lipinski definition) is 3. The zero-order valence-corrected chi connectivity index (χ0v) is 16.7. The zero-order valence-electron chi connectivity index (χ0n) is 15.9.